The number of nitrogens with zero attached hydrogens (tertiary/aromatic N) is 2. The van der Waals surface area contributed by atoms with Gasteiger partial charge in [0.2, 0.25) is 0 Å². The summed E-state index contributed by atoms with van der Waals surface area (Å²) in [5.41, 5.74) is 0.705. The largest absolute Gasteiger partial charge is 0.416 e. The zero-order chi connectivity index (χ0) is 22.9. The number of carbonyl (C=O) groups excluding carboxylic acids is 1. The summed E-state index contributed by atoms with van der Waals surface area (Å²) in [6.45, 7) is 1.89. The van der Waals surface area contributed by atoms with Crippen molar-refractivity contribution >= 4 is 50.9 Å². The topological polar surface area (TPSA) is 69.1 Å². The average Bonchev–Trinajstić information content (AvgIpc) is 3.43. The van der Waals surface area contributed by atoms with Crippen LogP contribution in [0.1, 0.15) is 33.6 Å². The summed E-state index contributed by atoms with van der Waals surface area (Å²) in [5.74, 6) is 0.427. The maximum atomic E-state index is 12.9. The summed E-state index contributed by atoms with van der Waals surface area (Å²) in [6, 6.07) is 8.14. The Morgan fingerprint density at radius 2 is 1.88 bits per heavy atom. The van der Waals surface area contributed by atoms with Crippen molar-refractivity contribution in [2.45, 2.75) is 19.0 Å². The third-order valence-corrected chi connectivity index (χ3v) is 6.89. The summed E-state index contributed by atoms with van der Waals surface area (Å²) in [7, 11) is 0. The van der Waals surface area contributed by atoms with E-state index in [2.05, 4.69) is 31.1 Å². The smallest absolute Gasteiger partial charge is 0.356 e. The van der Waals surface area contributed by atoms with E-state index in [1.807, 2.05) is 0 Å². The number of benzene rings is 1. The maximum absolute atomic E-state index is 12.9. The van der Waals surface area contributed by atoms with Crippen LogP contribution in [0.25, 0.3) is 10.4 Å². The quantitative estimate of drug-likeness (QED) is 0.378. The van der Waals surface area contributed by atoms with Crippen molar-refractivity contribution in [3.63, 3.8) is 0 Å². The molecule has 1 aliphatic heterocycles. The van der Waals surface area contributed by atoms with Gasteiger partial charge in [-0.15, -0.1) is 11.3 Å². The number of alkyl halides is 3. The van der Waals surface area contributed by atoms with Gasteiger partial charge in [-0.25, -0.2) is 4.98 Å². The zero-order valence-electron chi connectivity index (χ0n) is 16.7. The standard InChI is InChI=1S/C22H18BrF3N4OS/c23-17-10-16(12-28-20(17)30-7-1-2-8-30)29-21(31)19-14(11-27)9-18(32-19)13-3-5-15(6-4-13)22(24,25)26/h3-6,9-12,27H,1-2,7-8H2,(H,29,31). The SMILES string of the molecule is N=Cc1cc(-c2ccc(C(F)(F)F)cc2)sc1C(=O)Nc1cnc(N2CCCC2)c(Br)c1. The number of aromatic nitrogens is 1. The van der Waals surface area contributed by atoms with Crippen LogP contribution in [0, 0.1) is 5.41 Å². The molecule has 2 N–H and O–H groups in total. The van der Waals surface area contributed by atoms with Crippen molar-refractivity contribution in [3.05, 3.63) is 63.1 Å². The average molecular weight is 523 g/mol. The zero-order valence-corrected chi connectivity index (χ0v) is 19.1. The molecular formula is C22H18BrF3N4OS. The van der Waals surface area contributed by atoms with E-state index in [4.69, 9.17) is 5.41 Å². The number of hydrogen-bond donors (Lipinski definition) is 2. The third kappa shape index (κ3) is 4.71. The second kappa shape index (κ2) is 9.03. The van der Waals surface area contributed by atoms with Crippen molar-refractivity contribution in [1.29, 1.82) is 5.41 Å². The Morgan fingerprint density at radius 1 is 1.19 bits per heavy atom. The molecule has 166 valence electrons. The molecule has 0 bridgehead atoms. The fourth-order valence-electron chi connectivity index (χ4n) is 3.50. The molecule has 1 fully saturated rings. The van der Waals surface area contributed by atoms with Gasteiger partial charge in [0.15, 0.2) is 0 Å². The Hall–Kier alpha value is -2.72. The normalized spacial score (nSPS) is 13.9. The molecule has 5 nitrogen and oxygen atoms in total. The van der Waals surface area contributed by atoms with E-state index in [1.165, 1.54) is 12.1 Å². The molecule has 0 saturated carbocycles. The van der Waals surface area contributed by atoms with Crippen molar-refractivity contribution in [1.82, 2.24) is 4.98 Å². The van der Waals surface area contributed by atoms with Crippen LogP contribution in [-0.4, -0.2) is 30.2 Å². The van der Waals surface area contributed by atoms with Gasteiger partial charge in [0.05, 0.1) is 21.9 Å². The van der Waals surface area contributed by atoms with Crippen molar-refractivity contribution in [3.8, 4) is 10.4 Å². The minimum Gasteiger partial charge on any atom is -0.356 e. The monoisotopic (exact) mass is 522 g/mol. The number of thiophene rings is 1. The Morgan fingerprint density at radius 3 is 2.47 bits per heavy atom. The highest BCUT2D eigenvalue weighted by Gasteiger charge is 2.30. The van der Waals surface area contributed by atoms with Crippen LogP contribution in [0.15, 0.2) is 47.1 Å². The summed E-state index contributed by atoms with van der Waals surface area (Å²) >= 11 is 4.64. The van der Waals surface area contributed by atoms with E-state index < -0.39 is 17.6 Å². The lowest BCUT2D eigenvalue weighted by Gasteiger charge is -2.18. The molecule has 0 spiro atoms. The predicted molar refractivity (Wildman–Crippen MR) is 124 cm³/mol. The molecule has 0 aliphatic carbocycles. The predicted octanol–water partition coefficient (Wildman–Crippen LogP) is 6.44. The fraction of sp³-hybridized carbons (Fsp3) is 0.227. The van der Waals surface area contributed by atoms with Crippen LogP contribution in [-0.2, 0) is 6.18 Å². The molecule has 0 unspecified atom stereocenters. The summed E-state index contributed by atoms with van der Waals surface area (Å²) < 4.78 is 39.2. The second-order valence-corrected chi connectivity index (χ2v) is 9.20. The lowest BCUT2D eigenvalue weighted by molar-refractivity contribution is -0.137. The van der Waals surface area contributed by atoms with E-state index in [1.54, 1.807) is 18.3 Å². The van der Waals surface area contributed by atoms with Gasteiger partial charge >= 0.3 is 6.18 Å². The van der Waals surface area contributed by atoms with E-state index in [0.717, 1.165) is 65.9 Å². The summed E-state index contributed by atoms with van der Waals surface area (Å²) in [6.07, 6.45) is 0.484. The van der Waals surface area contributed by atoms with Gasteiger partial charge in [0, 0.05) is 29.7 Å². The first kappa shape index (κ1) is 22.5. The molecule has 0 atom stereocenters. The molecule has 0 radical (unpaired) electrons. The van der Waals surface area contributed by atoms with Crippen LogP contribution in [0.5, 0.6) is 0 Å². The van der Waals surface area contributed by atoms with Crippen molar-refractivity contribution in [2.75, 3.05) is 23.3 Å². The van der Waals surface area contributed by atoms with Gasteiger partial charge in [-0.3, -0.25) is 4.79 Å². The molecule has 10 heteroatoms. The van der Waals surface area contributed by atoms with Crippen LogP contribution in [0.3, 0.4) is 0 Å². The summed E-state index contributed by atoms with van der Waals surface area (Å²) in [5, 5.41) is 10.4. The molecular weight excluding hydrogens is 505 g/mol. The Kier molecular flexibility index (Phi) is 6.34. The van der Waals surface area contributed by atoms with E-state index in [0.29, 0.717) is 26.6 Å². The maximum Gasteiger partial charge on any atom is 0.416 e. The Labute approximate surface area is 194 Å². The lowest BCUT2D eigenvalue weighted by Crippen LogP contribution is -2.20. The molecule has 32 heavy (non-hydrogen) atoms. The molecule has 1 amide bonds. The van der Waals surface area contributed by atoms with E-state index in [9.17, 15) is 18.0 Å². The molecule has 1 saturated heterocycles. The first-order valence-corrected chi connectivity index (χ1v) is 11.4. The van der Waals surface area contributed by atoms with Gasteiger partial charge in [-0.1, -0.05) is 12.1 Å². The summed E-state index contributed by atoms with van der Waals surface area (Å²) in [4.78, 5) is 20.4. The highest BCUT2D eigenvalue weighted by molar-refractivity contribution is 9.10. The number of anilines is 2. The number of rotatable bonds is 5. The molecule has 3 aromatic rings. The molecule has 1 aromatic carbocycles. The number of nitrogens with one attached hydrogen (secondary N) is 2. The van der Waals surface area contributed by atoms with Gasteiger partial charge in [0.25, 0.3) is 5.91 Å². The molecule has 4 rings (SSSR count). The number of halogens is 4. The minimum absolute atomic E-state index is 0.301. The Bertz CT molecular complexity index is 1150. The highest BCUT2D eigenvalue weighted by atomic mass is 79.9. The second-order valence-electron chi connectivity index (χ2n) is 7.29. The molecule has 3 heterocycles. The lowest BCUT2D eigenvalue weighted by atomic mass is 10.1. The number of amides is 1. The third-order valence-electron chi connectivity index (χ3n) is 5.10. The van der Waals surface area contributed by atoms with Gasteiger partial charge in [-0.2, -0.15) is 13.2 Å². The first-order valence-electron chi connectivity index (χ1n) is 9.80. The fourth-order valence-corrected chi connectivity index (χ4v) is 5.14. The number of hydrogen-bond acceptors (Lipinski definition) is 5. The number of carbonyl (C=O) groups is 1. The Balaban J connectivity index is 1.54. The van der Waals surface area contributed by atoms with Gasteiger partial charge in [0.1, 0.15) is 10.7 Å². The van der Waals surface area contributed by atoms with Gasteiger partial charge in [-0.05, 0) is 58.6 Å². The van der Waals surface area contributed by atoms with E-state index in [-0.39, 0.29) is 0 Å². The molecule has 1 aliphatic rings. The minimum atomic E-state index is -4.41. The van der Waals surface area contributed by atoms with Crippen LogP contribution in [0.4, 0.5) is 24.7 Å². The van der Waals surface area contributed by atoms with Crippen molar-refractivity contribution in [2.24, 2.45) is 0 Å². The number of pyridine rings is 1. The van der Waals surface area contributed by atoms with Crippen LogP contribution >= 0.6 is 27.3 Å². The van der Waals surface area contributed by atoms with Crippen LogP contribution < -0.4 is 10.2 Å². The van der Waals surface area contributed by atoms with Crippen molar-refractivity contribution < 1.29 is 18.0 Å². The molecule has 2 aromatic heterocycles. The van der Waals surface area contributed by atoms with E-state index >= 15 is 0 Å². The highest BCUT2D eigenvalue weighted by Crippen LogP contribution is 2.35. The van der Waals surface area contributed by atoms with Gasteiger partial charge < -0.3 is 15.6 Å². The first-order chi connectivity index (χ1) is 15.3. The van der Waals surface area contributed by atoms with Crippen LogP contribution in [0.2, 0.25) is 0 Å².